The number of fused-ring (bicyclic) bond motifs is 3. The maximum atomic E-state index is 11.4. The van der Waals surface area contributed by atoms with Crippen LogP contribution in [0.5, 0.6) is 5.75 Å². The van der Waals surface area contributed by atoms with Crippen molar-refractivity contribution in [2.45, 2.75) is 38.5 Å². The van der Waals surface area contributed by atoms with Gasteiger partial charge >= 0.3 is 5.97 Å². The predicted molar refractivity (Wildman–Crippen MR) is 84.9 cm³/mol. The highest BCUT2D eigenvalue weighted by atomic mass is 127. The molecule has 3 aliphatic rings. The maximum Gasteiger partial charge on any atom is 0.309 e. The van der Waals surface area contributed by atoms with Gasteiger partial charge in [-0.25, -0.2) is 0 Å². The summed E-state index contributed by atoms with van der Waals surface area (Å²) in [5.74, 6) is 0.354. The number of aliphatic carboxylic acids is 1. The molecule has 3 nitrogen and oxygen atoms in total. The van der Waals surface area contributed by atoms with E-state index in [-0.39, 0.29) is 5.41 Å². The van der Waals surface area contributed by atoms with Crippen LogP contribution in [0.4, 0.5) is 0 Å². The van der Waals surface area contributed by atoms with E-state index in [1.807, 2.05) is 24.3 Å². The van der Waals surface area contributed by atoms with Crippen LogP contribution < -0.4 is 4.74 Å². The molecule has 3 saturated carbocycles. The maximum absolute atomic E-state index is 11.4. The second-order valence-electron chi connectivity index (χ2n) is 6.30. The molecular formula is C16H19IO3. The minimum atomic E-state index is -0.593. The van der Waals surface area contributed by atoms with Crippen LogP contribution in [0.2, 0.25) is 0 Å². The van der Waals surface area contributed by atoms with Crippen molar-refractivity contribution >= 4 is 28.6 Å². The van der Waals surface area contributed by atoms with Crippen molar-refractivity contribution in [1.29, 1.82) is 0 Å². The number of hydrogen-bond donors (Lipinski definition) is 1. The van der Waals surface area contributed by atoms with Crippen LogP contribution in [0.15, 0.2) is 24.3 Å². The first-order chi connectivity index (χ1) is 9.55. The van der Waals surface area contributed by atoms with E-state index in [1.54, 1.807) is 0 Å². The molecule has 0 unspecified atom stereocenters. The topological polar surface area (TPSA) is 46.5 Å². The first kappa shape index (κ1) is 14.2. The normalized spacial score (nSPS) is 32.0. The molecule has 0 aromatic heterocycles. The van der Waals surface area contributed by atoms with Crippen molar-refractivity contribution < 1.29 is 14.6 Å². The van der Waals surface area contributed by atoms with Crippen LogP contribution in [0, 0.1) is 14.4 Å². The molecule has 4 heteroatoms. The molecule has 1 N–H and O–H groups in total. The first-order valence-electron chi connectivity index (χ1n) is 7.16. The molecule has 3 fully saturated rings. The Hall–Kier alpha value is -0.780. The number of carboxylic acids is 1. The van der Waals surface area contributed by atoms with Gasteiger partial charge < -0.3 is 9.84 Å². The number of para-hydroxylation sites is 1. The number of ether oxygens (including phenoxy) is 1. The Kier molecular flexibility index (Phi) is 3.69. The second-order valence-corrected chi connectivity index (χ2v) is 7.47. The van der Waals surface area contributed by atoms with Crippen molar-refractivity contribution in [3.05, 3.63) is 27.8 Å². The molecule has 108 valence electrons. The number of rotatable bonds is 4. The van der Waals surface area contributed by atoms with Gasteiger partial charge in [-0.2, -0.15) is 0 Å². The monoisotopic (exact) mass is 386 g/mol. The zero-order valence-electron chi connectivity index (χ0n) is 11.4. The third kappa shape index (κ3) is 2.43. The quantitative estimate of drug-likeness (QED) is 0.793. The Balaban J connectivity index is 1.66. The molecule has 20 heavy (non-hydrogen) atoms. The Labute approximate surface area is 132 Å². The lowest BCUT2D eigenvalue weighted by atomic mass is 9.54. The van der Waals surface area contributed by atoms with Gasteiger partial charge in [0.2, 0.25) is 0 Å². The third-order valence-corrected chi connectivity index (χ3v) is 6.12. The fraction of sp³-hybridized carbons (Fsp3) is 0.562. The Morgan fingerprint density at radius 2 is 1.75 bits per heavy atom. The summed E-state index contributed by atoms with van der Waals surface area (Å²) in [7, 11) is 0. The lowest BCUT2D eigenvalue weighted by molar-refractivity contribution is -0.160. The smallest absolute Gasteiger partial charge is 0.309 e. The van der Waals surface area contributed by atoms with Crippen molar-refractivity contribution in [3.63, 3.8) is 0 Å². The van der Waals surface area contributed by atoms with Crippen molar-refractivity contribution in [3.8, 4) is 5.75 Å². The number of carboxylic acid groups (broad SMARTS) is 1. The molecule has 0 spiro atoms. The first-order valence-corrected chi connectivity index (χ1v) is 8.24. The van der Waals surface area contributed by atoms with Crippen LogP contribution in [0.3, 0.4) is 0 Å². The lowest BCUT2D eigenvalue weighted by Gasteiger charge is -2.51. The summed E-state index contributed by atoms with van der Waals surface area (Å²) in [6.45, 7) is 0.725. The van der Waals surface area contributed by atoms with Crippen molar-refractivity contribution in [2.75, 3.05) is 6.61 Å². The van der Waals surface area contributed by atoms with Gasteiger partial charge in [-0.3, -0.25) is 4.79 Å². The van der Waals surface area contributed by atoms with E-state index in [9.17, 15) is 9.90 Å². The summed E-state index contributed by atoms with van der Waals surface area (Å²) in [5, 5.41) is 9.41. The van der Waals surface area contributed by atoms with Gasteiger partial charge in [-0.15, -0.1) is 0 Å². The highest BCUT2D eigenvalue weighted by Gasteiger charge is 2.52. The summed E-state index contributed by atoms with van der Waals surface area (Å²) in [6.07, 6.45) is 5.42. The van der Waals surface area contributed by atoms with Gasteiger partial charge in [-0.1, -0.05) is 12.1 Å². The number of hydrogen-bond acceptors (Lipinski definition) is 2. The molecule has 3 aliphatic carbocycles. The van der Waals surface area contributed by atoms with E-state index in [0.717, 1.165) is 54.5 Å². The zero-order valence-corrected chi connectivity index (χ0v) is 13.6. The average Bonchev–Trinajstić information content (AvgIpc) is 2.48. The molecule has 0 atom stereocenters. The minimum absolute atomic E-state index is 0.204. The van der Waals surface area contributed by atoms with Crippen LogP contribution >= 0.6 is 22.6 Å². The standard InChI is InChI=1S/C16H19IO3/c17-12-3-1-2-4-13(12)20-11-15-5-8-16(9-6-15,10-7-15)14(18)19/h1-4H,5-11H2,(H,18,19). The van der Waals surface area contributed by atoms with Gasteiger partial charge in [0.1, 0.15) is 5.75 Å². The fourth-order valence-corrected chi connectivity index (χ4v) is 4.14. The number of carbonyl (C=O) groups is 1. The summed E-state index contributed by atoms with van der Waals surface area (Å²) in [6, 6.07) is 8.05. The van der Waals surface area contributed by atoms with Crippen molar-refractivity contribution in [1.82, 2.24) is 0 Å². The van der Waals surface area contributed by atoms with Gasteiger partial charge in [-0.05, 0) is 73.2 Å². The molecule has 0 saturated heterocycles. The highest BCUT2D eigenvalue weighted by molar-refractivity contribution is 14.1. The van der Waals surface area contributed by atoms with E-state index >= 15 is 0 Å². The molecule has 0 radical (unpaired) electrons. The summed E-state index contributed by atoms with van der Waals surface area (Å²) < 4.78 is 7.17. The molecule has 0 heterocycles. The van der Waals surface area contributed by atoms with Gasteiger partial charge in [0, 0.05) is 5.41 Å². The van der Waals surface area contributed by atoms with E-state index in [1.165, 1.54) is 0 Å². The van der Waals surface area contributed by atoms with E-state index in [2.05, 4.69) is 22.6 Å². The molecule has 4 rings (SSSR count). The fourth-order valence-electron chi connectivity index (χ4n) is 3.59. The van der Waals surface area contributed by atoms with Gasteiger partial charge in [0.05, 0.1) is 15.6 Å². The lowest BCUT2D eigenvalue weighted by Crippen LogP contribution is -2.48. The molecular weight excluding hydrogens is 367 g/mol. The summed E-state index contributed by atoms with van der Waals surface area (Å²) in [4.78, 5) is 11.4. The highest BCUT2D eigenvalue weighted by Crippen LogP contribution is 2.57. The minimum Gasteiger partial charge on any atom is -0.492 e. The van der Waals surface area contributed by atoms with E-state index in [4.69, 9.17) is 4.74 Å². The number of benzene rings is 1. The molecule has 1 aromatic carbocycles. The van der Waals surface area contributed by atoms with E-state index in [0.29, 0.717) is 0 Å². The average molecular weight is 386 g/mol. The van der Waals surface area contributed by atoms with Gasteiger partial charge in [0.15, 0.2) is 0 Å². The van der Waals surface area contributed by atoms with Crippen LogP contribution in [-0.4, -0.2) is 17.7 Å². The SMILES string of the molecule is O=C(O)C12CCC(COc3ccccc3I)(CC1)CC2. The molecule has 1 aromatic rings. The molecule has 2 bridgehead atoms. The predicted octanol–water partition coefficient (Wildman–Crippen LogP) is 4.10. The Bertz CT molecular complexity index is 502. The largest absolute Gasteiger partial charge is 0.492 e. The number of halogens is 1. The van der Waals surface area contributed by atoms with Gasteiger partial charge in [0.25, 0.3) is 0 Å². The Morgan fingerprint density at radius 1 is 1.15 bits per heavy atom. The Morgan fingerprint density at radius 3 is 2.30 bits per heavy atom. The third-order valence-electron chi connectivity index (χ3n) is 5.23. The van der Waals surface area contributed by atoms with Crippen LogP contribution in [0.1, 0.15) is 38.5 Å². The second kappa shape index (κ2) is 5.20. The van der Waals surface area contributed by atoms with Crippen LogP contribution in [0.25, 0.3) is 0 Å². The zero-order chi connectivity index (χ0) is 14.2. The molecule has 0 aliphatic heterocycles. The summed E-state index contributed by atoms with van der Waals surface area (Å²) >= 11 is 2.29. The molecule has 0 amide bonds. The van der Waals surface area contributed by atoms with E-state index < -0.39 is 11.4 Å². The van der Waals surface area contributed by atoms with Crippen LogP contribution in [-0.2, 0) is 4.79 Å². The summed E-state index contributed by atoms with van der Waals surface area (Å²) in [5.41, 5.74) is -0.223. The van der Waals surface area contributed by atoms with Crippen molar-refractivity contribution in [2.24, 2.45) is 10.8 Å².